The van der Waals surface area contributed by atoms with Gasteiger partial charge in [0.15, 0.2) is 0 Å². The molecule has 3 amide bonds. The Hall–Kier alpha value is -3.66. The van der Waals surface area contributed by atoms with E-state index in [4.69, 9.17) is 5.21 Å². The zero-order valence-corrected chi connectivity index (χ0v) is 17.4. The summed E-state index contributed by atoms with van der Waals surface area (Å²) in [4.78, 5) is 40.0. The Morgan fingerprint density at radius 3 is 2.19 bits per heavy atom. The minimum Gasteiger partial charge on any atom is -0.506 e. The van der Waals surface area contributed by atoms with Gasteiger partial charge in [-0.15, -0.1) is 0 Å². The summed E-state index contributed by atoms with van der Waals surface area (Å²) in [6.45, 7) is 5.68. The van der Waals surface area contributed by atoms with Crippen LogP contribution in [0.2, 0.25) is 0 Å². The molecule has 2 aromatic rings. The molecule has 0 saturated heterocycles. The zero-order chi connectivity index (χ0) is 23.2. The van der Waals surface area contributed by atoms with Gasteiger partial charge in [-0.3, -0.25) is 19.8 Å². The van der Waals surface area contributed by atoms with Crippen LogP contribution in [0.15, 0.2) is 42.6 Å². The van der Waals surface area contributed by atoms with Gasteiger partial charge in [-0.1, -0.05) is 32.9 Å². The summed E-state index contributed by atoms with van der Waals surface area (Å²) in [6.07, 6.45) is -0.110. The van der Waals surface area contributed by atoms with Crippen molar-refractivity contribution < 1.29 is 29.8 Å². The predicted octanol–water partition coefficient (Wildman–Crippen LogP) is 1.99. The van der Waals surface area contributed by atoms with Gasteiger partial charge in [0.05, 0.1) is 6.20 Å². The van der Waals surface area contributed by atoms with Crippen LogP contribution in [0.4, 0.5) is 4.79 Å². The first-order valence-corrected chi connectivity index (χ1v) is 9.48. The molecule has 1 aromatic heterocycles. The molecule has 0 saturated carbocycles. The number of carbonyl (C=O) groups is 3. The molecule has 0 bridgehead atoms. The number of aromatic hydroxyl groups is 1. The first-order valence-electron chi connectivity index (χ1n) is 9.48. The molecule has 0 aliphatic rings. The van der Waals surface area contributed by atoms with E-state index in [-0.39, 0.29) is 17.9 Å². The molecule has 6 N–H and O–H groups in total. The Kier molecular flexibility index (Phi) is 7.54. The molecular weight excluding hydrogens is 404 g/mol. The van der Waals surface area contributed by atoms with Crippen LogP contribution >= 0.6 is 0 Å². The molecule has 0 radical (unpaired) electrons. The summed E-state index contributed by atoms with van der Waals surface area (Å²) < 4.78 is 0. The van der Waals surface area contributed by atoms with E-state index in [9.17, 15) is 24.6 Å². The van der Waals surface area contributed by atoms with Crippen molar-refractivity contribution in [3.63, 3.8) is 0 Å². The number of carboxylic acid groups (broad SMARTS) is 1. The van der Waals surface area contributed by atoms with Crippen LogP contribution in [0.1, 0.15) is 48.3 Å². The summed E-state index contributed by atoms with van der Waals surface area (Å²) in [5.74, 6) is -1.87. The van der Waals surface area contributed by atoms with E-state index in [1.165, 1.54) is 29.9 Å². The number of hydrogen-bond donors (Lipinski definition) is 6. The molecule has 0 aliphatic heterocycles. The molecule has 0 fully saturated rings. The molecule has 1 aromatic carbocycles. The van der Waals surface area contributed by atoms with E-state index in [0.717, 1.165) is 0 Å². The van der Waals surface area contributed by atoms with Crippen molar-refractivity contribution in [2.45, 2.75) is 39.3 Å². The molecule has 166 valence electrons. The van der Waals surface area contributed by atoms with Crippen molar-refractivity contribution in [3.8, 4) is 5.75 Å². The van der Waals surface area contributed by atoms with Crippen molar-refractivity contribution in [3.05, 3.63) is 59.4 Å². The second kappa shape index (κ2) is 9.90. The highest BCUT2D eigenvalue weighted by Gasteiger charge is 2.39. The van der Waals surface area contributed by atoms with Crippen molar-refractivity contribution in [1.82, 2.24) is 21.1 Å². The molecular formula is C21H26N4O6. The number of benzene rings is 1. The second-order valence-electron chi connectivity index (χ2n) is 8.07. The largest absolute Gasteiger partial charge is 0.506 e. The smallest absolute Gasteiger partial charge is 0.405 e. The first-order chi connectivity index (χ1) is 14.5. The van der Waals surface area contributed by atoms with Crippen LogP contribution in [0.25, 0.3) is 0 Å². The minimum absolute atomic E-state index is 0.0399. The lowest BCUT2D eigenvalue weighted by Gasteiger charge is -2.35. The average Bonchev–Trinajstić information content (AvgIpc) is 2.71. The van der Waals surface area contributed by atoms with Gasteiger partial charge >= 0.3 is 6.09 Å². The lowest BCUT2D eigenvalue weighted by molar-refractivity contribution is -0.124. The number of hydroxylamine groups is 1. The highest BCUT2D eigenvalue weighted by molar-refractivity contribution is 5.93. The van der Waals surface area contributed by atoms with Gasteiger partial charge in [0.1, 0.15) is 11.8 Å². The minimum atomic E-state index is -1.35. The summed E-state index contributed by atoms with van der Waals surface area (Å²) in [5.41, 5.74) is 2.36. The van der Waals surface area contributed by atoms with Crippen molar-refractivity contribution in [2.24, 2.45) is 5.41 Å². The van der Waals surface area contributed by atoms with Crippen molar-refractivity contribution in [1.29, 1.82) is 0 Å². The number of amides is 3. The monoisotopic (exact) mass is 430 g/mol. The maximum atomic E-state index is 13.0. The van der Waals surface area contributed by atoms with E-state index in [2.05, 4.69) is 15.6 Å². The second-order valence-corrected chi connectivity index (χ2v) is 8.07. The lowest BCUT2D eigenvalue weighted by Crippen LogP contribution is -2.52. The number of pyridine rings is 1. The van der Waals surface area contributed by atoms with Gasteiger partial charge in [-0.05, 0) is 35.2 Å². The molecule has 10 nitrogen and oxygen atoms in total. The Balaban J connectivity index is 2.24. The number of carbonyl (C=O) groups excluding carboxylic acids is 2. The molecule has 0 aliphatic carbocycles. The molecule has 0 spiro atoms. The number of nitrogens with zero attached hydrogens (tertiary/aromatic N) is 1. The lowest BCUT2D eigenvalue weighted by atomic mass is 9.73. The molecule has 2 rings (SSSR count). The molecule has 10 heteroatoms. The average molecular weight is 430 g/mol. The number of rotatable bonds is 7. The van der Waals surface area contributed by atoms with Crippen molar-refractivity contribution in [2.75, 3.05) is 0 Å². The fraction of sp³-hybridized carbons (Fsp3) is 0.333. The van der Waals surface area contributed by atoms with Crippen LogP contribution < -0.4 is 16.1 Å². The fourth-order valence-corrected chi connectivity index (χ4v) is 3.27. The van der Waals surface area contributed by atoms with E-state index >= 15 is 0 Å². The fourth-order valence-electron chi connectivity index (χ4n) is 3.27. The van der Waals surface area contributed by atoms with Gasteiger partial charge in [0.2, 0.25) is 5.91 Å². The Morgan fingerprint density at radius 2 is 1.71 bits per heavy atom. The number of aromatic nitrogens is 1. The normalized spacial score (nSPS) is 13.0. The maximum absolute atomic E-state index is 13.0. The zero-order valence-electron chi connectivity index (χ0n) is 17.4. The molecule has 31 heavy (non-hydrogen) atoms. The van der Waals surface area contributed by atoms with Crippen LogP contribution in [0, 0.1) is 5.41 Å². The number of nitrogens with one attached hydrogen (secondary N) is 3. The van der Waals surface area contributed by atoms with E-state index in [1.807, 2.05) is 20.8 Å². The van der Waals surface area contributed by atoms with Gasteiger partial charge in [0.25, 0.3) is 5.91 Å². The summed E-state index contributed by atoms with van der Waals surface area (Å²) in [7, 11) is 0. The predicted molar refractivity (Wildman–Crippen MR) is 111 cm³/mol. The highest BCUT2D eigenvalue weighted by atomic mass is 16.5. The van der Waals surface area contributed by atoms with Gasteiger partial charge in [0, 0.05) is 23.7 Å². The third kappa shape index (κ3) is 6.41. The highest BCUT2D eigenvalue weighted by Crippen LogP contribution is 2.37. The Morgan fingerprint density at radius 1 is 1.06 bits per heavy atom. The Bertz CT molecular complexity index is 922. The standard InChI is InChI=1S/C21H26N4O6/c1-21(2,3)16(15-9-8-14(26)11-22-15)17(24-20(29)30)19(28)23-10-12-4-6-13(7-5-12)18(27)25-31/h4-9,11,16-17,24,26,31H,10H2,1-3H3,(H,23,28)(H,25,27)(H,29,30). The third-order valence-electron chi connectivity index (χ3n) is 4.70. The van der Waals surface area contributed by atoms with Crippen LogP contribution in [-0.4, -0.2) is 44.4 Å². The number of hydrogen-bond acceptors (Lipinski definition) is 6. The van der Waals surface area contributed by atoms with Crippen LogP contribution in [0.5, 0.6) is 5.75 Å². The van der Waals surface area contributed by atoms with Crippen molar-refractivity contribution >= 4 is 17.9 Å². The van der Waals surface area contributed by atoms with Gasteiger partial charge in [-0.2, -0.15) is 0 Å². The van der Waals surface area contributed by atoms with E-state index in [0.29, 0.717) is 11.3 Å². The van der Waals surface area contributed by atoms with E-state index < -0.39 is 35.3 Å². The summed E-state index contributed by atoms with van der Waals surface area (Å²) in [5, 5.41) is 32.5. The summed E-state index contributed by atoms with van der Waals surface area (Å²) >= 11 is 0. The van der Waals surface area contributed by atoms with Crippen LogP contribution in [0.3, 0.4) is 0 Å². The first kappa shape index (κ1) is 23.6. The SMILES string of the molecule is CC(C)(C)C(c1ccc(O)cn1)C(NC(=O)O)C(=O)NCc1ccc(C(=O)NO)cc1. The van der Waals surface area contributed by atoms with Gasteiger partial charge < -0.3 is 20.8 Å². The third-order valence-corrected chi connectivity index (χ3v) is 4.70. The maximum Gasteiger partial charge on any atom is 0.405 e. The van der Waals surface area contributed by atoms with Gasteiger partial charge in [-0.25, -0.2) is 10.3 Å². The topological polar surface area (TPSA) is 161 Å². The van der Waals surface area contributed by atoms with Crippen LogP contribution in [-0.2, 0) is 11.3 Å². The molecule has 1 heterocycles. The Labute approximate surface area is 179 Å². The quantitative estimate of drug-likeness (QED) is 0.289. The molecule has 2 atom stereocenters. The summed E-state index contributed by atoms with van der Waals surface area (Å²) in [6, 6.07) is 8.02. The van der Waals surface area contributed by atoms with E-state index in [1.54, 1.807) is 18.2 Å². The molecule has 2 unspecified atom stereocenters.